The van der Waals surface area contributed by atoms with Gasteiger partial charge in [-0.05, 0) is 35.7 Å². The highest BCUT2D eigenvalue weighted by Crippen LogP contribution is 2.32. The van der Waals surface area contributed by atoms with Crippen LogP contribution in [0, 0.1) is 0 Å². The van der Waals surface area contributed by atoms with E-state index < -0.39 is 0 Å². The molecule has 1 amide bonds. The molecular formula is C15H17NOS. The third-order valence-corrected chi connectivity index (χ3v) is 4.12. The Labute approximate surface area is 112 Å². The highest BCUT2D eigenvalue weighted by atomic mass is 32.1. The van der Waals surface area contributed by atoms with Gasteiger partial charge in [0.15, 0.2) is 0 Å². The number of hydrogen-bond donors (Lipinski definition) is 1. The van der Waals surface area contributed by atoms with Gasteiger partial charge in [-0.2, -0.15) is 0 Å². The van der Waals surface area contributed by atoms with E-state index in [0.29, 0.717) is 5.92 Å². The van der Waals surface area contributed by atoms with Gasteiger partial charge in [0, 0.05) is 22.4 Å². The molecule has 1 aromatic carbocycles. The second-order valence-electron chi connectivity index (χ2n) is 4.62. The van der Waals surface area contributed by atoms with Gasteiger partial charge in [0.1, 0.15) is 0 Å². The van der Waals surface area contributed by atoms with E-state index in [-0.39, 0.29) is 5.91 Å². The second kappa shape index (κ2) is 5.36. The Hall–Kier alpha value is -1.61. The number of amides is 1. The topological polar surface area (TPSA) is 29.1 Å². The fourth-order valence-corrected chi connectivity index (χ4v) is 2.76. The van der Waals surface area contributed by atoms with Crippen molar-refractivity contribution >= 4 is 22.9 Å². The summed E-state index contributed by atoms with van der Waals surface area (Å²) in [6.07, 6.45) is 0. The lowest BCUT2D eigenvalue weighted by atomic mass is 10.1. The predicted octanol–water partition coefficient (Wildman–Crippen LogP) is 4.50. The van der Waals surface area contributed by atoms with Crippen LogP contribution in [0.3, 0.4) is 0 Å². The quantitative estimate of drug-likeness (QED) is 0.864. The Bertz CT molecular complexity index is 540. The van der Waals surface area contributed by atoms with Crippen molar-refractivity contribution in [1.29, 1.82) is 0 Å². The van der Waals surface area contributed by atoms with Crippen molar-refractivity contribution in [2.45, 2.75) is 26.7 Å². The van der Waals surface area contributed by atoms with Crippen LogP contribution in [0.5, 0.6) is 0 Å². The number of benzene rings is 1. The van der Waals surface area contributed by atoms with Crippen LogP contribution in [-0.4, -0.2) is 5.91 Å². The maximum Gasteiger partial charge on any atom is 0.221 e. The molecule has 94 valence electrons. The van der Waals surface area contributed by atoms with E-state index in [9.17, 15) is 4.79 Å². The lowest BCUT2D eigenvalue weighted by Gasteiger charge is -2.03. The fourth-order valence-electron chi connectivity index (χ4n) is 1.74. The highest BCUT2D eigenvalue weighted by Gasteiger charge is 2.05. The van der Waals surface area contributed by atoms with E-state index in [1.807, 2.05) is 35.6 Å². The van der Waals surface area contributed by atoms with E-state index in [1.165, 1.54) is 22.2 Å². The summed E-state index contributed by atoms with van der Waals surface area (Å²) in [5, 5.41) is 2.77. The summed E-state index contributed by atoms with van der Waals surface area (Å²) in [7, 11) is 0. The molecular weight excluding hydrogens is 242 g/mol. The number of anilines is 1. The number of thiophene rings is 1. The van der Waals surface area contributed by atoms with Crippen molar-refractivity contribution in [2.24, 2.45) is 0 Å². The first kappa shape index (κ1) is 12.8. The van der Waals surface area contributed by atoms with Crippen molar-refractivity contribution in [3.8, 4) is 10.4 Å². The maximum atomic E-state index is 10.9. The summed E-state index contributed by atoms with van der Waals surface area (Å²) in [6, 6.07) is 12.3. The molecule has 2 aromatic rings. The molecule has 0 aliphatic rings. The van der Waals surface area contributed by atoms with Gasteiger partial charge in [-0.3, -0.25) is 4.79 Å². The number of nitrogens with one attached hydrogen (secondary N) is 1. The van der Waals surface area contributed by atoms with Gasteiger partial charge < -0.3 is 5.32 Å². The molecule has 0 atom stereocenters. The molecule has 3 heteroatoms. The minimum atomic E-state index is -0.0408. The highest BCUT2D eigenvalue weighted by molar-refractivity contribution is 7.15. The standard InChI is InChI=1S/C15H17NOS/c1-10(2)14-8-9-15(18-14)12-4-6-13(7-5-12)16-11(3)17/h4-10H,1-3H3,(H,16,17). The average molecular weight is 259 g/mol. The van der Waals surface area contributed by atoms with Crippen molar-refractivity contribution < 1.29 is 4.79 Å². The lowest BCUT2D eigenvalue weighted by Crippen LogP contribution is -2.05. The average Bonchev–Trinajstić information content (AvgIpc) is 2.78. The van der Waals surface area contributed by atoms with E-state index in [0.717, 1.165) is 5.69 Å². The summed E-state index contributed by atoms with van der Waals surface area (Å²) in [4.78, 5) is 13.6. The first-order chi connectivity index (χ1) is 8.56. The molecule has 0 unspecified atom stereocenters. The van der Waals surface area contributed by atoms with E-state index >= 15 is 0 Å². The van der Waals surface area contributed by atoms with Gasteiger partial charge in [0.05, 0.1) is 0 Å². The zero-order chi connectivity index (χ0) is 13.1. The van der Waals surface area contributed by atoms with Gasteiger partial charge in [-0.25, -0.2) is 0 Å². The van der Waals surface area contributed by atoms with Crippen molar-refractivity contribution in [3.05, 3.63) is 41.3 Å². The van der Waals surface area contributed by atoms with Crippen LogP contribution in [0.2, 0.25) is 0 Å². The first-order valence-electron chi connectivity index (χ1n) is 6.04. The number of hydrogen-bond acceptors (Lipinski definition) is 2. The molecule has 0 aliphatic carbocycles. The zero-order valence-corrected chi connectivity index (χ0v) is 11.7. The van der Waals surface area contributed by atoms with E-state index in [4.69, 9.17) is 0 Å². The summed E-state index contributed by atoms with van der Waals surface area (Å²) in [5.41, 5.74) is 2.04. The summed E-state index contributed by atoms with van der Waals surface area (Å²) >= 11 is 1.83. The van der Waals surface area contributed by atoms with Crippen LogP contribution >= 0.6 is 11.3 Å². The smallest absolute Gasteiger partial charge is 0.221 e. The Morgan fingerprint density at radius 1 is 1.11 bits per heavy atom. The third kappa shape index (κ3) is 2.99. The van der Waals surface area contributed by atoms with Gasteiger partial charge in [0.2, 0.25) is 5.91 Å². The molecule has 2 nitrogen and oxygen atoms in total. The van der Waals surface area contributed by atoms with Crippen LogP contribution in [-0.2, 0) is 4.79 Å². The van der Waals surface area contributed by atoms with Crippen molar-refractivity contribution in [3.63, 3.8) is 0 Å². The predicted molar refractivity (Wildman–Crippen MR) is 78.1 cm³/mol. The van der Waals surface area contributed by atoms with Crippen molar-refractivity contribution in [1.82, 2.24) is 0 Å². The molecule has 0 saturated carbocycles. The van der Waals surface area contributed by atoms with E-state index in [1.54, 1.807) is 0 Å². The summed E-state index contributed by atoms with van der Waals surface area (Å²) in [6.45, 7) is 5.92. The second-order valence-corrected chi connectivity index (χ2v) is 5.73. The SMILES string of the molecule is CC(=O)Nc1ccc(-c2ccc(C(C)C)s2)cc1. The molecule has 18 heavy (non-hydrogen) atoms. The molecule has 2 rings (SSSR count). The molecule has 0 radical (unpaired) electrons. The Kier molecular flexibility index (Phi) is 3.82. The molecule has 0 fully saturated rings. The normalized spacial score (nSPS) is 10.7. The van der Waals surface area contributed by atoms with Crippen LogP contribution in [0.1, 0.15) is 31.6 Å². The number of carbonyl (C=O) groups is 1. The lowest BCUT2D eigenvalue weighted by molar-refractivity contribution is -0.114. The third-order valence-electron chi connectivity index (χ3n) is 2.69. The van der Waals surface area contributed by atoms with Crippen LogP contribution < -0.4 is 5.32 Å². The van der Waals surface area contributed by atoms with Gasteiger partial charge in [0.25, 0.3) is 0 Å². The minimum Gasteiger partial charge on any atom is -0.326 e. The summed E-state index contributed by atoms with van der Waals surface area (Å²) < 4.78 is 0. The zero-order valence-electron chi connectivity index (χ0n) is 10.9. The Balaban J connectivity index is 2.20. The monoisotopic (exact) mass is 259 g/mol. The number of rotatable bonds is 3. The van der Waals surface area contributed by atoms with Crippen LogP contribution in [0.15, 0.2) is 36.4 Å². The maximum absolute atomic E-state index is 10.9. The molecule has 1 aromatic heterocycles. The molecule has 0 saturated heterocycles. The Morgan fingerprint density at radius 2 is 1.78 bits per heavy atom. The molecule has 1 N–H and O–H groups in total. The molecule has 1 heterocycles. The van der Waals surface area contributed by atoms with Crippen LogP contribution in [0.25, 0.3) is 10.4 Å². The number of carbonyl (C=O) groups excluding carboxylic acids is 1. The minimum absolute atomic E-state index is 0.0408. The molecule has 0 bridgehead atoms. The van der Waals surface area contributed by atoms with Crippen molar-refractivity contribution in [2.75, 3.05) is 5.32 Å². The van der Waals surface area contributed by atoms with Crippen LogP contribution in [0.4, 0.5) is 5.69 Å². The first-order valence-corrected chi connectivity index (χ1v) is 6.85. The molecule has 0 spiro atoms. The largest absolute Gasteiger partial charge is 0.326 e. The van der Waals surface area contributed by atoms with E-state index in [2.05, 4.69) is 31.3 Å². The summed E-state index contributed by atoms with van der Waals surface area (Å²) in [5.74, 6) is 0.531. The molecule has 0 aliphatic heterocycles. The fraction of sp³-hybridized carbons (Fsp3) is 0.267. The van der Waals surface area contributed by atoms with Gasteiger partial charge in [-0.15, -0.1) is 11.3 Å². The Morgan fingerprint density at radius 3 is 2.28 bits per heavy atom. The van der Waals surface area contributed by atoms with Gasteiger partial charge in [-0.1, -0.05) is 26.0 Å². The van der Waals surface area contributed by atoms with Gasteiger partial charge >= 0.3 is 0 Å².